The molecule has 0 radical (unpaired) electrons. The van der Waals surface area contributed by atoms with Gasteiger partial charge in [-0.3, -0.25) is 10.1 Å². The molecule has 0 fully saturated rings. The van der Waals surface area contributed by atoms with Gasteiger partial charge in [0.2, 0.25) is 0 Å². The van der Waals surface area contributed by atoms with E-state index < -0.39 is 11.0 Å². The third kappa shape index (κ3) is 3.50. The molecule has 0 amide bonds. The smallest absolute Gasteiger partial charge is 0.279 e. The third-order valence-electron chi connectivity index (χ3n) is 3.28. The fraction of sp³-hybridized carbons (Fsp3) is 0.200. The number of hydrogen-bond donors (Lipinski definition) is 1. The number of methoxy groups -OCH3 is 2. The van der Waals surface area contributed by atoms with Crippen LogP contribution < -0.4 is 9.47 Å². The van der Waals surface area contributed by atoms with Crippen molar-refractivity contribution in [3.8, 4) is 11.5 Å². The van der Waals surface area contributed by atoms with Gasteiger partial charge in [0.15, 0.2) is 11.5 Å². The van der Waals surface area contributed by atoms with Crippen molar-refractivity contribution in [2.75, 3.05) is 14.2 Å². The molecule has 0 aliphatic rings. The van der Waals surface area contributed by atoms with Crippen molar-refractivity contribution < 1.29 is 19.5 Å². The van der Waals surface area contributed by atoms with Gasteiger partial charge < -0.3 is 14.6 Å². The lowest BCUT2D eigenvalue weighted by Crippen LogP contribution is -2.06. The van der Waals surface area contributed by atoms with E-state index in [4.69, 9.17) is 32.7 Å². The van der Waals surface area contributed by atoms with E-state index in [1.54, 1.807) is 6.07 Å². The molecule has 0 bridgehead atoms. The lowest BCUT2D eigenvalue weighted by Gasteiger charge is -2.16. The number of hydrogen-bond acceptors (Lipinski definition) is 5. The van der Waals surface area contributed by atoms with Gasteiger partial charge in [-0.1, -0.05) is 29.3 Å². The van der Waals surface area contributed by atoms with Crippen LogP contribution in [0.2, 0.25) is 10.0 Å². The van der Waals surface area contributed by atoms with Gasteiger partial charge in [0.05, 0.1) is 30.8 Å². The Morgan fingerprint density at radius 1 is 1.09 bits per heavy atom. The summed E-state index contributed by atoms with van der Waals surface area (Å²) in [5.41, 5.74) is 0.0319. The minimum absolute atomic E-state index is 0.0388. The number of halogens is 2. The van der Waals surface area contributed by atoms with Crippen LogP contribution in [-0.2, 0) is 0 Å². The lowest BCUT2D eigenvalue weighted by atomic mass is 9.99. The Balaban J connectivity index is 2.62. The van der Waals surface area contributed by atoms with Crippen LogP contribution >= 0.6 is 23.2 Å². The van der Waals surface area contributed by atoms with E-state index in [1.807, 2.05) is 0 Å². The molecule has 0 aromatic heterocycles. The van der Waals surface area contributed by atoms with Crippen LogP contribution in [0.1, 0.15) is 17.2 Å². The fourth-order valence-corrected chi connectivity index (χ4v) is 2.66. The monoisotopic (exact) mass is 357 g/mol. The van der Waals surface area contributed by atoms with Crippen molar-refractivity contribution in [1.82, 2.24) is 0 Å². The standard InChI is InChI=1S/C15H13Cl2NO5/c1-22-13-6-10(12(18(20)21)7-14(13)23-2)15(19)9-4-3-8(16)5-11(9)17/h3-7,15,19H,1-2H3. The van der Waals surface area contributed by atoms with Gasteiger partial charge in [0.1, 0.15) is 6.10 Å². The van der Waals surface area contributed by atoms with E-state index in [0.717, 1.165) is 0 Å². The minimum atomic E-state index is -1.32. The molecule has 6 nitrogen and oxygen atoms in total. The largest absolute Gasteiger partial charge is 0.493 e. The van der Waals surface area contributed by atoms with Crippen molar-refractivity contribution in [3.05, 3.63) is 61.6 Å². The van der Waals surface area contributed by atoms with Gasteiger partial charge in [0.25, 0.3) is 5.69 Å². The molecule has 1 N–H and O–H groups in total. The van der Waals surface area contributed by atoms with Crippen molar-refractivity contribution in [3.63, 3.8) is 0 Å². The Labute approximate surface area is 142 Å². The second-order valence-electron chi connectivity index (χ2n) is 4.59. The summed E-state index contributed by atoms with van der Waals surface area (Å²) in [5.74, 6) is 0.453. The zero-order chi connectivity index (χ0) is 17.1. The average Bonchev–Trinajstić information content (AvgIpc) is 2.52. The van der Waals surface area contributed by atoms with E-state index >= 15 is 0 Å². The summed E-state index contributed by atoms with van der Waals surface area (Å²) in [6.07, 6.45) is -1.32. The molecule has 0 heterocycles. The normalized spacial score (nSPS) is 11.9. The molecular formula is C15H13Cl2NO5. The first-order valence-corrected chi connectivity index (χ1v) is 7.18. The molecule has 2 aromatic rings. The lowest BCUT2D eigenvalue weighted by molar-refractivity contribution is -0.386. The minimum Gasteiger partial charge on any atom is -0.493 e. The highest BCUT2D eigenvalue weighted by atomic mass is 35.5. The topological polar surface area (TPSA) is 81.8 Å². The predicted molar refractivity (Wildman–Crippen MR) is 86.7 cm³/mol. The van der Waals surface area contributed by atoms with Crippen LogP contribution in [0, 0.1) is 10.1 Å². The summed E-state index contributed by atoms with van der Waals surface area (Å²) >= 11 is 11.9. The Hall–Kier alpha value is -2.02. The van der Waals surface area contributed by atoms with Crippen molar-refractivity contribution in [2.45, 2.75) is 6.10 Å². The van der Waals surface area contributed by atoms with E-state index in [0.29, 0.717) is 10.6 Å². The van der Waals surface area contributed by atoms with E-state index in [-0.39, 0.29) is 27.8 Å². The molecule has 23 heavy (non-hydrogen) atoms. The van der Waals surface area contributed by atoms with Crippen LogP contribution in [0.3, 0.4) is 0 Å². The molecule has 2 rings (SSSR count). The summed E-state index contributed by atoms with van der Waals surface area (Å²) in [6.45, 7) is 0. The maximum absolute atomic E-state index is 11.3. The van der Waals surface area contributed by atoms with E-state index in [2.05, 4.69) is 0 Å². The van der Waals surface area contributed by atoms with Gasteiger partial charge in [0, 0.05) is 15.6 Å². The molecule has 122 valence electrons. The van der Waals surface area contributed by atoms with Crippen LogP contribution in [0.4, 0.5) is 5.69 Å². The Morgan fingerprint density at radius 3 is 2.22 bits per heavy atom. The van der Waals surface area contributed by atoms with Crippen LogP contribution in [0.15, 0.2) is 30.3 Å². The number of aliphatic hydroxyl groups is 1. The Kier molecular flexibility index (Phi) is 5.30. The maximum atomic E-state index is 11.3. The molecule has 8 heteroatoms. The number of aliphatic hydroxyl groups excluding tert-OH is 1. The highest BCUT2D eigenvalue weighted by Gasteiger charge is 2.26. The van der Waals surface area contributed by atoms with Crippen molar-refractivity contribution >= 4 is 28.9 Å². The van der Waals surface area contributed by atoms with Gasteiger partial charge >= 0.3 is 0 Å². The third-order valence-corrected chi connectivity index (χ3v) is 3.84. The summed E-state index contributed by atoms with van der Waals surface area (Å²) in [5, 5.41) is 22.5. The van der Waals surface area contributed by atoms with Crippen molar-refractivity contribution in [1.29, 1.82) is 0 Å². The first-order chi connectivity index (χ1) is 10.9. The van der Waals surface area contributed by atoms with Gasteiger partial charge in [-0.05, 0) is 18.2 Å². The zero-order valence-electron chi connectivity index (χ0n) is 12.2. The molecule has 0 saturated carbocycles. The van der Waals surface area contributed by atoms with E-state index in [9.17, 15) is 15.2 Å². The quantitative estimate of drug-likeness (QED) is 0.645. The summed E-state index contributed by atoms with van der Waals surface area (Å²) in [7, 11) is 2.77. The second-order valence-corrected chi connectivity index (χ2v) is 5.44. The molecule has 2 aromatic carbocycles. The molecule has 0 saturated heterocycles. The van der Waals surface area contributed by atoms with Gasteiger partial charge in [-0.15, -0.1) is 0 Å². The molecule has 1 unspecified atom stereocenters. The van der Waals surface area contributed by atoms with E-state index in [1.165, 1.54) is 38.5 Å². The van der Waals surface area contributed by atoms with Gasteiger partial charge in [-0.2, -0.15) is 0 Å². The van der Waals surface area contributed by atoms with Gasteiger partial charge in [-0.25, -0.2) is 0 Å². The highest BCUT2D eigenvalue weighted by molar-refractivity contribution is 6.35. The first kappa shape index (κ1) is 17.3. The molecular weight excluding hydrogens is 345 g/mol. The van der Waals surface area contributed by atoms with Crippen LogP contribution in [0.25, 0.3) is 0 Å². The number of ether oxygens (including phenoxy) is 2. The molecule has 1 atom stereocenters. The fourth-order valence-electron chi connectivity index (χ4n) is 2.15. The number of nitro groups is 1. The maximum Gasteiger partial charge on any atom is 0.279 e. The highest BCUT2D eigenvalue weighted by Crippen LogP contribution is 2.40. The van der Waals surface area contributed by atoms with Crippen LogP contribution in [-0.4, -0.2) is 24.2 Å². The number of rotatable bonds is 5. The van der Waals surface area contributed by atoms with Crippen LogP contribution in [0.5, 0.6) is 11.5 Å². The van der Waals surface area contributed by atoms with Crippen molar-refractivity contribution in [2.24, 2.45) is 0 Å². The number of nitro benzene ring substituents is 1. The zero-order valence-corrected chi connectivity index (χ0v) is 13.8. The number of nitrogens with zero attached hydrogens (tertiary/aromatic N) is 1. The first-order valence-electron chi connectivity index (χ1n) is 6.42. The summed E-state index contributed by atoms with van der Waals surface area (Å²) < 4.78 is 10.2. The summed E-state index contributed by atoms with van der Waals surface area (Å²) in [6, 6.07) is 7.05. The number of benzene rings is 2. The molecule has 0 aliphatic heterocycles. The SMILES string of the molecule is COc1cc(C(O)c2ccc(Cl)cc2Cl)c([N+](=O)[O-])cc1OC. The Morgan fingerprint density at radius 2 is 1.70 bits per heavy atom. The molecule has 0 aliphatic carbocycles. The second kappa shape index (κ2) is 7.04. The average molecular weight is 358 g/mol. The molecule has 0 spiro atoms. The summed E-state index contributed by atoms with van der Waals surface area (Å²) in [4.78, 5) is 10.7. The predicted octanol–water partition coefficient (Wildman–Crippen LogP) is 4.00. The Bertz CT molecular complexity index is 751.